The van der Waals surface area contributed by atoms with E-state index in [0.717, 1.165) is 16.5 Å². The highest BCUT2D eigenvalue weighted by atomic mass is 35.5. The van der Waals surface area contributed by atoms with E-state index in [-0.39, 0.29) is 9.92 Å². The first-order valence-corrected chi connectivity index (χ1v) is 9.64. The van der Waals surface area contributed by atoms with E-state index >= 15 is 0 Å². The smallest absolute Gasteiger partial charge is 0.240 e. The lowest BCUT2D eigenvalue weighted by Crippen LogP contribution is -2.26. The predicted molar refractivity (Wildman–Crippen MR) is 99.8 cm³/mol. The lowest BCUT2D eigenvalue weighted by Gasteiger charge is -2.09. The Balaban J connectivity index is 1.73. The van der Waals surface area contributed by atoms with Crippen molar-refractivity contribution < 1.29 is 13.2 Å². The molecule has 0 bridgehead atoms. The van der Waals surface area contributed by atoms with Crippen LogP contribution in [0.2, 0.25) is 5.02 Å². The van der Waals surface area contributed by atoms with E-state index in [1.807, 2.05) is 42.1 Å². The molecule has 0 aliphatic carbocycles. The molecule has 0 amide bonds. The second-order valence-electron chi connectivity index (χ2n) is 5.73. The zero-order valence-corrected chi connectivity index (χ0v) is 15.6. The second kappa shape index (κ2) is 7.07. The molecule has 0 aliphatic rings. The molecule has 1 heterocycles. The summed E-state index contributed by atoms with van der Waals surface area (Å²) >= 11 is 6.01. The van der Waals surface area contributed by atoms with Gasteiger partial charge in [0.2, 0.25) is 10.0 Å². The number of sulfonamides is 1. The van der Waals surface area contributed by atoms with Crippen molar-refractivity contribution in [2.75, 3.05) is 13.7 Å². The van der Waals surface area contributed by atoms with E-state index in [1.165, 1.54) is 19.2 Å². The highest BCUT2D eigenvalue weighted by molar-refractivity contribution is 7.89. The normalized spacial score (nSPS) is 11.8. The molecule has 1 aromatic heterocycles. The predicted octanol–water partition coefficient (Wildman–Crippen LogP) is 3.36. The number of fused-ring (bicyclic) bond motifs is 1. The van der Waals surface area contributed by atoms with Crippen LogP contribution in [0.15, 0.2) is 53.6 Å². The minimum absolute atomic E-state index is 0.121. The first kappa shape index (κ1) is 17.8. The zero-order valence-electron chi connectivity index (χ0n) is 14.0. The molecular weight excluding hydrogens is 360 g/mol. The third kappa shape index (κ3) is 3.66. The molecule has 132 valence electrons. The number of rotatable bonds is 6. The molecule has 0 unspecified atom stereocenters. The average Bonchev–Trinajstić information content (AvgIpc) is 2.91. The van der Waals surface area contributed by atoms with Gasteiger partial charge in [-0.05, 0) is 36.2 Å². The first-order valence-electron chi connectivity index (χ1n) is 7.78. The number of halogens is 1. The van der Waals surface area contributed by atoms with Crippen molar-refractivity contribution in [3.8, 4) is 5.75 Å². The fourth-order valence-electron chi connectivity index (χ4n) is 2.84. The number of nitrogens with one attached hydrogen (secondary N) is 1. The highest BCUT2D eigenvalue weighted by Gasteiger charge is 2.16. The van der Waals surface area contributed by atoms with Crippen molar-refractivity contribution in [2.45, 2.75) is 11.3 Å². The molecule has 1 N–H and O–H groups in total. The van der Waals surface area contributed by atoms with Crippen molar-refractivity contribution in [1.29, 1.82) is 0 Å². The minimum atomic E-state index is -3.62. The Labute approximate surface area is 152 Å². The summed E-state index contributed by atoms with van der Waals surface area (Å²) in [6, 6.07) is 12.5. The van der Waals surface area contributed by atoms with Crippen LogP contribution in [0.25, 0.3) is 10.9 Å². The third-order valence-electron chi connectivity index (χ3n) is 4.10. The maximum absolute atomic E-state index is 12.4. The number of hydrogen-bond donors (Lipinski definition) is 1. The summed E-state index contributed by atoms with van der Waals surface area (Å²) in [5, 5.41) is 1.40. The summed E-state index contributed by atoms with van der Waals surface area (Å²) < 4.78 is 34.6. The molecule has 0 spiro atoms. The highest BCUT2D eigenvalue weighted by Crippen LogP contribution is 2.27. The van der Waals surface area contributed by atoms with Crippen molar-refractivity contribution in [3.63, 3.8) is 0 Å². The van der Waals surface area contributed by atoms with Crippen molar-refractivity contribution in [3.05, 3.63) is 59.2 Å². The van der Waals surface area contributed by atoms with Gasteiger partial charge in [0.1, 0.15) is 5.75 Å². The Morgan fingerprint density at radius 2 is 1.96 bits per heavy atom. The fourth-order valence-corrected chi connectivity index (χ4v) is 4.22. The van der Waals surface area contributed by atoms with Crippen LogP contribution in [-0.4, -0.2) is 26.6 Å². The summed E-state index contributed by atoms with van der Waals surface area (Å²) in [6.07, 6.45) is 2.63. The van der Waals surface area contributed by atoms with E-state index in [9.17, 15) is 8.42 Å². The molecule has 0 saturated carbocycles. The number of benzene rings is 2. The number of para-hydroxylation sites is 1. The second-order valence-corrected chi connectivity index (χ2v) is 7.90. The molecule has 25 heavy (non-hydrogen) atoms. The number of methoxy groups -OCH3 is 1. The maximum Gasteiger partial charge on any atom is 0.240 e. The molecule has 0 radical (unpaired) electrons. The van der Waals surface area contributed by atoms with Gasteiger partial charge in [0.05, 0.1) is 17.0 Å². The number of hydrogen-bond acceptors (Lipinski definition) is 3. The largest absolute Gasteiger partial charge is 0.495 e. The van der Waals surface area contributed by atoms with Crippen LogP contribution in [0.3, 0.4) is 0 Å². The molecule has 7 heteroatoms. The van der Waals surface area contributed by atoms with Gasteiger partial charge in [-0.15, -0.1) is 0 Å². The maximum atomic E-state index is 12.4. The van der Waals surface area contributed by atoms with Crippen LogP contribution in [0.5, 0.6) is 5.75 Å². The summed E-state index contributed by atoms with van der Waals surface area (Å²) in [7, 11) is -0.156. The Morgan fingerprint density at radius 3 is 2.68 bits per heavy atom. The van der Waals surface area contributed by atoms with Crippen LogP contribution in [0, 0.1) is 0 Å². The van der Waals surface area contributed by atoms with Gasteiger partial charge in [0.15, 0.2) is 0 Å². The van der Waals surface area contributed by atoms with Crippen LogP contribution in [-0.2, 0) is 23.5 Å². The van der Waals surface area contributed by atoms with E-state index in [2.05, 4.69) is 4.72 Å². The van der Waals surface area contributed by atoms with Gasteiger partial charge in [-0.25, -0.2) is 13.1 Å². The van der Waals surface area contributed by atoms with Crippen LogP contribution in [0.4, 0.5) is 0 Å². The van der Waals surface area contributed by atoms with Crippen molar-refractivity contribution >= 4 is 32.5 Å². The molecule has 0 atom stereocenters. The van der Waals surface area contributed by atoms with E-state index in [0.29, 0.717) is 18.7 Å². The molecule has 0 aliphatic heterocycles. The minimum Gasteiger partial charge on any atom is -0.495 e. The number of nitrogens with zero attached hydrogens (tertiary/aromatic N) is 1. The first-order chi connectivity index (χ1) is 11.9. The topological polar surface area (TPSA) is 60.3 Å². The molecule has 3 aromatic rings. The van der Waals surface area contributed by atoms with E-state index < -0.39 is 10.0 Å². The van der Waals surface area contributed by atoms with Gasteiger partial charge in [-0.1, -0.05) is 29.8 Å². The van der Waals surface area contributed by atoms with Gasteiger partial charge < -0.3 is 9.30 Å². The van der Waals surface area contributed by atoms with Gasteiger partial charge in [0.25, 0.3) is 0 Å². The lowest BCUT2D eigenvalue weighted by atomic mass is 10.1. The lowest BCUT2D eigenvalue weighted by molar-refractivity contribution is 0.414. The SMILES string of the molecule is COc1ccc(S(=O)(=O)NCCc2cn(C)c3ccccc23)cc1Cl. The Morgan fingerprint density at radius 1 is 1.20 bits per heavy atom. The summed E-state index contributed by atoms with van der Waals surface area (Å²) in [4.78, 5) is 0.121. The van der Waals surface area contributed by atoms with Crippen LogP contribution < -0.4 is 9.46 Å². The summed E-state index contributed by atoms with van der Waals surface area (Å²) in [5.74, 6) is 0.441. The molecule has 3 rings (SSSR count). The standard InChI is InChI=1S/C18H19ClN2O3S/c1-21-12-13(15-5-3-4-6-17(15)21)9-10-20-25(22,23)14-7-8-18(24-2)16(19)11-14/h3-8,11-12,20H,9-10H2,1-2H3. The quantitative estimate of drug-likeness (QED) is 0.715. The van der Waals surface area contributed by atoms with Gasteiger partial charge >= 0.3 is 0 Å². The third-order valence-corrected chi connectivity index (χ3v) is 5.85. The number of aromatic nitrogens is 1. The summed E-state index contributed by atoms with van der Waals surface area (Å²) in [5.41, 5.74) is 2.23. The molecule has 5 nitrogen and oxygen atoms in total. The number of ether oxygens (including phenoxy) is 1. The van der Waals surface area contributed by atoms with Crippen molar-refractivity contribution in [2.24, 2.45) is 7.05 Å². The molecular formula is C18H19ClN2O3S. The fraction of sp³-hybridized carbons (Fsp3) is 0.222. The molecule has 0 saturated heterocycles. The number of aryl methyl sites for hydroxylation is 1. The molecule has 2 aromatic carbocycles. The Bertz CT molecular complexity index is 1010. The van der Waals surface area contributed by atoms with Crippen LogP contribution in [0.1, 0.15) is 5.56 Å². The summed E-state index contributed by atoms with van der Waals surface area (Å²) in [6.45, 7) is 0.306. The van der Waals surface area contributed by atoms with Gasteiger partial charge in [-0.2, -0.15) is 0 Å². The zero-order chi connectivity index (χ0) is 18.0. The average molecular weight is 379 g/mol. The monoisotopic (exact) mass is 378 g/mol. The van der Waals surface area contributed by atoms with Crippen LogP contribution >= 0.6 is 11.6 Å². The van der Waals surface area contributed by atoms with E-state index in [4.69, 9.17) is 16.3 Å². The Kier molecular flexibility index (Phi) is 5.03. The molecule has 0 fully saturated rings. The van der Waals surface area contributed by atoms with Gasteiger partial charge in [-0.3, -0.25) is 0 Å². The van der Waals surface area contributed by atoms with Gasteiger partial charge in [0, 0.05) is 30.7 Å². The Hall–Kier alpha value is -2.02. The van der Waals surface area contributed by atoms with E-state index in [1.54, 1.807) is 6.07 Å². The van der Waals surface area contributed by atoms with Crippen molar-refractivity contribution in [1.82, 2.24) is 9.29 Å².